The van der Waals surface area contributed by atoms with Crippen molar-refractivity contribution in [3.63, 3.8) is 0 Å². The third-order valence-electron chi connectivity index (χ3n) is 6.11. The molecule has 0 bridgehead atoms. The standard InChI is InChI=1S/C21H43N/c1-5-7-9-14-18-21(3,19-15-10-8-6-2)22(4)20-16-12-11-13-17-20/h20H,5-19H2,1-4H3. The first-order valence-electron chi connectivity index (χ1n) is 10.4. The van der Waals surface area contributed by atoms with Crippen molar-refractivity contribution in [2.75, 3.05) is 7.05 Å². The Balaban J connectivity index is 2.53. The van der Waals surface area contributed by atoms with Crippen LogP contribution in [0, 0.1) is 0 Å². The molecule has 0 aromatic rings. The first kappa shape index (κ1) is 20.0. The minimum atomic E-state index is 0.448. The molecule has 1 nitrogen and oxygen atoms in total. The van der Waals surface area contributed by atoms with E-state index >= 15 is 0 Å². The summed E-state index contributed by atoms with van der Waals surface area (Å²) in [6.45, 7) is 7.20. The van der Waals surface area contributed by atoms with Crippen molar-refractivity contribution in [2.45, 2.75) is 129 Å². The number of rotatable bonds is 12. The molecule has 0 atom stereocenters. The Morgan fingerprint density at radius 1 is 0.773 bits per heavy atom. The topological polar surface area (TPSA) is 3.24 Å². The van der Waals surface area contributed by atoms with E-state index < -0.39 is 0 Å². The Morgan fingerprint density at radius 2 is 1.27 bits per heavy atom. The van der Waals surface area contributed by atoms with Crippen molar-refractivity contribution >= 4 is 0 Å². The third-order valence-corrected chi connectivity index (χ3v) is 6.11. The molecule has 0 aliphatic heterocycles. The van der Waals surface area contributed by atoms with Gasteiger partial charge in [-0.1, -0.05) is 84.5 Å². The van der Waals surface area contributed by atoms with Gasteiger partial charge in [-0.3, -0.25) is 4.90 Å². The maximum Gasteiger partial charge on any atom is 0.0181 e. The summed E-state index contributed by atoms with van der Waals surface area (Å²) in [5, 5.41) is 0. The summed E-state index contributed by atoms with van der Waals surface area (Å²) < 4.78 is 0. The van der Waals surface area contributed by atoms with E-state index in [0.29, 0.717) is 5.54 Å². The molecule has 0 unspecified atom stereocenters. The quantitative estimate of drug-likeness (QED) is 0.352. The van der Waals surface area contributed by atoms with Crippen LogP contribution in [-0.2, 0) is 0 Å². The molecule has 0 aromatic carbocycles. The highest BCUT2D eigenvalue weighted by molar-refractivity contribution is 4.89. The van der Waals surface area contributed by atoms with Crippen LogP contribution in [0.1, 0.15) is 117 Å². The van der Waals surface area contributed by atoms with Crippen LogP contribution >= 0.6 is 0 Å². The van der Waals surface area contributed by atoms with Gasteiger partial charge in [0.05, 0.1) is 0 Å². The highest BCUT2D eigenvalue weighted by Gasteiger charge is 2.33. The predicted octanol–water partition coefficient (Wildman–Crippen LogP) is 6.95. The fourth-order valence-electron chi connectivity index (χ4n) is 4.25. The molecule has 0 heterocycles. The minimum Gasteiger partial charge on any atom is -0.298 e. The maximum absolute atomic E-state index is 2.81. The largest absolute Gasteiger partial charge is 0.298 e. The molecule has 0 saturated heterocycles. The molecule has 0 aromatic heterocycles. The molecule has 1 fully saturated rings. The molecule has 1 heteroatoms. The molecule has 0 radical (unpaired) electrons. The number of hydrogen-bond acceptors (Lipinski definition) is 1. The summed E-state index contributed by atoms with van der Waals surface area (Å²) in [5.41, 5.74) is 0.448. The van der Waals surface area contributed by atoms with Crippen LogP contribution in [0.15, 0.2) is 0 Å². The monoisotopic (exact) mass is 309 g/mol. The van der Waals surface area contributed by atoms with Gasteiger partial charge >= 0.3 is 0 Å². The highest BCUT2D eigenvalue weighted by Crippen LogP contribution is 2.33. The molecular formula is C21H43N. The van der Waals surface area contributed by atoms with E-state index in [2.05, 4.69) is 32.7 Å². The zero-order chi connectivity index (χ0) is 16.3. The normalized spacial score (nSPS) is 17.3. The van der Waals surface area contributed by atoms with E-state index in [1.807, 2.05) is 0 Å². The SMILES string of the molecule is CCCCCCC(C)(CCCCCC)N(C)C1CCCCC1. The average molecular weight is 310 g/mol. The van der Waals surface area contributed by atoms with E-state index in [1.54, 1.807) is 0 Å². The molecular weight excluding hydrogens is 266 g/mol. The number of unbranched alkanes of at least 4 members (excludes halogenated alkanes) is 6. The van der Waals surface area contributed by atoms with Gasteiger partial charge in [0.25, 0.3) is 0 Å². The average Bonchev–Trinajstić information content (AvgIpc) is 2.56. The van der Waals surface area contributed by atoms with Crippen molar-refractivity contribution in [1.82, 2.24) is 4.90 Å². The van der Waals surface area contributed by atoms with Gasteiger partial charge in [0, 0.05) is 11.6 Å². The summed E-state index contributed by atoms with van der Waals surface area (Å²) in [6, 6.07) is 0.858. The summed E-state index contributed by atoms with van der Waals surface area (Å²) in [7, 11) is 2.44. The Bertz CT molecular complexity index is 243. The molecule has 0 amide bonds. The van der Waals surface area contributed by atoms with Gasteiger partial charge in [0.1, 0.15) is 0 Å². The van der Waals surface area contributed by atoms with Crippen molar-refractivity contribution in [1.29, 1.82) is 0 Å². The highest BCUT2D eigenvalue weighted by atomic mass is 15.2. The summed E-state index contributed by atoms with van der Waals surface area (Å²) in [6.07, 6.45) is 21.3. The lowest BCUT2D eigenvalue weighted by Crippen LogP contribution is -2.50. The Labute approximate surface area is 141 Å². The molecule has 0 spiro atoms. The van der Waals surface area contributed by atoms with Crippen LogP contribution in [0.2, 0.25) is 0 Å². The Morgan fingerprint density at radius 3 is 1.73 bits per heavy atom. The van der Waals surface area contributed by atoms with Crippen LogP contribution in [0.25, 0.3) is 0 Å². The Hall–Kier alpha value is -0.0400. The van der Waals surface area contributed by atoms with Gasteiger partial charge < -0.3 is 0 Å². The second-order valence-electron chi connectivity index (χ2n) is 8.02. The summed E-state index contributed by atoms with van der Waals surface area (Å²) in [4.78, 5) is 2.81. The molecule has 132 valence electrons. The van der Waals surface area contributed by atoms with Crippen LogP contribution in [0.4, 0.5) is 0 Å². The van der Waals surface area contributed by atoms with Gasteiger partial charge in [-0.25, -0.2) is 0 Å². The molecule has 1 aliphatic rings. The first-order valence-corrected chi connectivity index (χ1v) is 10.4. The molecule has 1 aliphatic carbocycles. The van der Waals surface area contributed by atoms with Crippen LogP contribution < -0.4 is 0 Å². The molecule has 1 saturated carbocycles. The third kappa shape index (κ3) is 7.02. The van der Waals surface area contributed by atoms with E-state index in [1.165, 1.54) is 96.3 Å². The van der Waals surface area contributed by atoms with Gasteiger partial charge in [-0.2, -0.15) is 0 Å². The van der Waals surface area contributed by atoms with Crippen molar-refractivity contribution in [2.24, 2.45) is 0 Å². The van der Waals surface area contributed by atoms with Crippen LogP contribution in [0.3, 0.4) is 0 Å². The maximum atomic E-state index is 2.81. The zero-order valence-corrected chi connectivity index (χ0v) is 16.1. The van der Waals surface area contributed by atoms with Gasteiger partial charge in [-0.15, -0.1) is 0 Å². The smallest absolute Gasteiger partial charge is 0.0181 e. The van der Waals surface area contributed by atoms with Crippen LogP contribution in [0.5, 0.6) is 0 Å². The lowest BCUT2D eigenvalue weighted by atomic mass is 9.83. The fraction of sp³-hybridized carbons (Fsp3) is 1.00. The second-order valence-corrected chi connectivity index (χ2v) is 8.02. The Kier molecular flexibility index (Phi) is 10.4. The van der Waals surface area contributed by atoms with Crippen molar-refractivity contribution in [3.8, 4) is 0 Å². The van der Waals surface area contributed by atoms with Crippen LogP contribution in [-0.4, -0.2) is 23.5 Å². The van der Waals surface area contributed by atoms with Gasteiger partial charge in [-0.05, 0) is 39.7 Å². The lowest BCUT2D eigenvalue weighted by molar-refractivity contribution is 0.0470. The number of hydrogen-bond donors (Lipinski definition) is 0. The molecule has 22 heavy (non-hydrogen) atoms. The zero-order valence-electron chi connectivity index (χ0n) is 16.1. The number of nitrogens with zero attached hydrogens (tertiary/aromatic N) is 1. The lowest BCUT2D eigenvalue weighted by Gasteiger charge is -2.45. The first-order chi connectivity index (χ1) is 10.6. The summed E-state index contributed by atoms with van der Waals surface area (Å²) in [5.74, 6) is 0. The second kappa shape index (κ2) is 11.5. The molecule has 0 N–H and O–H groups in total. The van der Waals surface area contributed by atoms with E-state index in [-0.39, 0.29) is 0 Å². The van der Waals surface area contributed by atoms with E-state index in [9.17, 15) is 0 Å². The minimum absolute atomic E-state index is 0.448. The van der Waals surface area contributed by atoms with Crippen molar-refractivity contribution in [3.05, 3.63) is 0 Å². The fourth-order valence-corrected chi connectivity index (χ4v) is 4.25. The van der Waals surface area contributed by atoms with Crippen molar-refractivity contribution < 1.29 is 0 Å². The summed E-state index contributed by atoms with van der Waals surface area (Å²) >= 11 is 0. The predicted molar refractivity (Wildman–Crippen MR) is 101 cm³/mol. The van der Waals surface area contributed by atoms with E-state index in [4.69, 9.17) is 0 Å². The van der Waals surface area contributed by atoms with E-state index in [0.717, 1.165) is 6.04 Å². The van der Waals surface area contributed by atoms with Gasteiger partial charge in [0.15, 0.2) is 0 Å². The van der Waals surface area contributed by atoms with Gasteiger partial charge in [0.2, 0.25) is 0 Å². The molecule has 1 rings (SSSR count).